The van der Waals surface area contributed by atoms with E-state index in [9.17, 15) is 9.59 Å². The Kier molecular flexibility index (Phi) is 5.05. The van der Waals surface area contributed by atoms with Crippen molar-refractivity contribution in [2.24, 2.45) is 0 Å². The van der Waals surface area contributed by atoms with Crippen LogP contribution in [0.2, 0.25) is 0 Å². The molecule has 0 spiro atoms. The Morgan fingerprint density at radius 3 is 2.44 bits per heavy atom. The Hall–Kier alpha value is -1.84. The molecule has 0 aromatic heterocycles. The van der Waals surface area contributed by atoms with Crippen LogP contribution in [0.5, 0.6) is 0 Å². The van der Waals surface area contributed by atoms with Crippen LogP contribution in [0.15, 0.2) is 30.3 Å². The Balaban J connectivity index is 2.29. The van der Waals surface area contributed by atoms with Crippen LogP contribution in [0.4, 0.5) is 4.79 Å². The van der Waals surface area contributed by atoms with Gasteiger partial charge in [0.05, 0.1) is 6.61 Å². The number of hydrogen-bond donors (Lipinski definition) is 0. The Morgan fingerprint density at radius 2 is 1.81 bits per heavy atom. The number of ether oxygens (including phenoxy) is 2. The van der Waals surface area contributed by atoms with Gasteiger partial charge in [-0.1, -0.05) is 30.3 Å². The fourth-order valence-corrected chi connectivity index (χ4v) is 1.15. The van der Waals surface area contributed by atoms with E-state index in [4.69, 9.17) is 4.74 Å². The van der Waals surface area contributed by atoms with Crippen LogP contribution < -0.4 is 0 Å². The van der Waals surface area contributed by atoms with E-state index in [-0.39, 0.29) is 25.4 Å². The third-order valence-corrected chi connectivity index (χ3v) is 1.91. The van der Waals surface area contributed by atoms with Gasteiger partial charge in [-0.2, -0.15) is 0 Å². The van der Waals surface area contributed by atoms with E-state index < -0.39 is 6.16 Å². The maximum absolute atomic E-state index is 11.6. The standard InChI is InChI=1S/C12H14O4/c1-2-15-12(14)16-9-8-11(13)10-6-4-3-5-7-10/h3-7H,2,8-9H2,1H3. The lowest BCUT2D eigenvalue weighted by Crippen LogP contribution is -2.11. The lowest BCUT2D eigenvalue weighted by atomic mass is 10.1. The lowest BCUT2D eigenvalue weighted by molar-refractivity contribution is 0.0568. The second kappa shape index (κ2) is 6.61. The van der Waals surface area contributed by atoms with Crippen LogP contribution in [-0.4, -0.2) is 25.2 Å². The zero-order valence-electron chi connectivity index (χ0n) is 9.14. The molecule has 0 N–H and O–H groups in total. The molecule has 0 fully saturated rings. The highest BCUT2D eigenvalue weighted by atomic mass is 16.7. The van der Waals surface area contributed by atoms with E-state index in [0.29, 0.717) is 5.56 Å². The minimum atomic E-state index is -0.733. The minimum absolute atomic E-state index is 0.0482. The van der Waals surface area contributed by atoms with Crippen molar-refractivity contribution in [2.75, 3.05) is 13.2 Å². The molecule has 0 saturated heterocycles. The van der Waals surface area contributed by atoms with Crippen molar-refractivity contribution in [3.63, 3.8) is 0 Å². The molecule has 4 nitrogen and oxygen atoms in total. The van der Waals surface area contributed by atoms with Gasteiger partial charge >= 0.3 is 6.16 Å². The van der Waals surface area contributed by atoms with Crippen molar-refractivity contribution in [1.82, 2.24) is 0 Å². The normalized spacial score (nSPS) is 9.56. The molecule has 0 aliphatic rings. The predicted octanol–water partition coefficient (Wildman–Crippen LogP) is 2.43. The molecule has 0 saturated carbocycles. The molecule has 86 valence electrons. The topological polar surface area (TPSA) is 52.6 Å². The fraction of sp³-hybridized carbons (Fsp3) is 0.333. The number of carbonyl (C=O) groups is 2. The van der Waals surface area contributed by atoms with Crippen LogP contribution >= 0.6 is 0 Å². The van der Waals surface area contributed by atoms with Gasteiger partial charge < -0.3 is 9.47 Å². The number of hydrogen-bond acceptors (Lipinski definition) is 4. The zero-order chi connectivity index (χ0) is 11.8. The van der Waals surface area contributed by atoms with E-state index in [2.05, 4.69) is 4.74 Å². The molecule has 0 amide bonds. The molecule has 0 atom stereocenters. The predicted molar refractivity (Wildman–Crippen MR) is 58.4 cm³/mol. The maximum Gasteiger partial charge on any atom is 0.508 e. The average molecular weight is 222 g/mol. The van der Waals surface area contributed by atoms with Gasteiger partial charge in [0.25, 0.3) is 0 Å². The van der Waals surface area contributed by atoms with Gasteiger partial charge in [0, 0.05) is 12.0 Å². The molecule has 1 rings (SSSR count). The van der Waals surface area contributed by atoms with Crippen molar-refractivity contribution in [3.05, 3.63) is 35.9 Å². The number of Topliss-reactive ketones (excluding diaryl/α,β-unsaturated/α-hetero) is 1. The smallest absolute Gasteiger partial charge is 0.435 e. The molecule has 1 aromatic carbocycles. The van der Waals surface area contributed by atoms with Gasteiger partial charge in [-0.25, -0.2) is 4.79 Å². The Bertz CT molecular complexity index is 345. The molecular formula is C12H14O4. The van der Waals surface area contributed by atoms with E-state index >= 15 is 0 Å². The largest absolute Gasteiger partial charge is 0.508 e. The van der Waals surface area contributed by atoms with Crippen molar-refractivity contribution >= 4 is 11.9 Å². The van der Waals surface area contributed by atoms with Crippen LogP contribution in [0.25, 0.3) is 0 Å². The van der Waals surface area contributed by atoms with Gasteiger partial charge in [0.2, 0.25) is 0 Å². The highest BCUT2D eigenvalue weighted by Crippen LogP contribution is 2.03. The number of rotatable bonds is 5. The van der Waals surface area contributed by atoms with Crippen LogP contribution in [0, 0.1) is 0 Å². The summed E-state index contributed by atoms with van der Waals surface area (Å²) < 4.78 is 9.25. The van der Waals surface area contributed by atoms with Crippen LogP contribution in [0.1, 0.15) is 23.7 Å². The monoisotopic (exact) mass is 222 g/mol. The quantitative estimate of drug-likeness (QED) is 0.567. The first-order valence-corrected chi connectivity index (χ1v) is 5.12. The van der Waals surface area contributed by atoms with E-state index in [1.807, 2.05) is 6.07 Å². The maximum atomic E-state index is 11.6. The van der Waals surface area contributed by atoms with Gasteiger partial charge in [0.1, 0.15) is 6.61 Å². The second-order valence-electron chi connectivity index (χ2n) is 3.07. The summed E-state index contributed by atoms with van der Waals surface area (Å²) in [5.74, 6) is -0.0510. The molecule has 0 aliphatic carbocycles. The first kappa shape index (κ1) is 12.2. The summed E-state index contributed by atoms with van der Waals surface area (Å²) >= 11 is 0. The third-order valence-electron chi connectivity index (χ3n) is 1.91. The molecule has 0 radical (unpaired) electrons. The summed E-state index contributed by atoms with van der Waals surface area (Å²) in [5.41, 5.74) is 0.620. The fourth-order valence-electron chi connectivity index (χ4n) is 1.15. The summed E-state index contributed by atoms with van der Waals surface area (Å²) in [6.07, 6.45) is -0.564. The summed E-state index contributed by atoms with van der Waals surface area (Å²) in [6.45, 7) is 2.01. The van der Waals surface area contributed by atoms with Gasteiger partial charge in [-0.15, -0.1) is 0 Å². The summed E-state index contributed by atoms with van der Waals surface area (Å²) in [7, 11) is 0. The molecule has 16 heavy (non-hydrogen) atoms. The van der Waals surface area contributed by atoms with Gasteiger partial charge in [-0.3, -0.25) is 4.79 Å². The van der Waals surface area contributed by atoms with Crippen molar-refractivity contribution in [1.29, 1.82) is 0 Å². The average Bonchev–Trinajstić information content (AvgIpc) is 2.30. The lowest BCUT2D eigenvalue weighted by Gasteiger charge is -2.03. The summed E-state index contributed by atoms with van der Waals surface area (Å²) in [6, 6.07) is 8.88. The Morgan fingerprint density at radius 1 is 1.12 bits per heavy atom. The molecule has 1 aromatic rings. The Labute approximate surface area is 94.2 Å². The highest BCUT2D eigenvalue weighted by Gasteiger charge is 2.07. The summed E-state index contributed by atoms with van der Waals surface area (Å²) in [4.78, 5) is 22.4. The van der Waals surface area contributed by atoms with Gasteiger partial charge in [0.15, 0.2) is 5.78 Å². The first-order chi connectivity index (χ1) is 7.74. The number of ketones is 1. The van der Waals surface area contributed by atoms with E-state index in [1.165, 1.54) is 0 Å². The number of benzene rings is 1. The second-order valence-corrected chi connectivity index (χ2v) is 3.07. The molecule has 0 bridgehead atoms. The molecular weight excluding hydrogens is 208 g/mol. The van der Waals surface area contributed by atoms with Crippen LogP contribution in [0.3, 0.4) is 0 Å². The van der Waals surface area contributed by atoms with Crippen molar-refractivity contribution in [2.45, 2.75) is 13.3 Å². The minimum Gasteiger partial charge on any atom is -0.435 e. The molecule has 0 unspecified atom stereocenters. The zero-order valence-corrected chi connectivity index (χ0v) is 9.14. The number of carbonyl (C=O) groups excluding carboxylic acids is 2. The van der Waals surface area contributed by atoms with Gasteiger partial charge in [-0.05, 0) is 6.92 Å². The van der Waals surface area contributed by atoms with Crippen molar-refractivity contribution in [3.8, 4) is 0 Å². The van der Waals surface area contributed by atoms with Crippen LogP contribution in [-0.2, 0) is 9.47 Å². The molecule has 0 aliphatic heterocycles. The van der Waals surface area contributed by atoms with Crippen molar-refractivity contribution < 1.29 is 19.1 Å². The SMILES string of the molecule is CCOC(=O)OCCC(=O)c1ccccc1. The first-order valence-electron chi connectivity index (χ1n) is 5.12. The third kappa shape index (κ3) is 4.13. The molecule has 0 heterocycles. The highest BCUT2D eigenvalue weighted by molar-refractivity contribution is 5.96. The van der Waals surface area contributed by atoms with E-state index in [0.717, 1.165) is 0 Å². The molecule has 4 heteroatoms. The van der Waals surface area contributed by atoms with E-state index in [1.54, 1.807) is 31.2 Å². The summed E-state index contributed by atoms with van der Waals surface area (Å²) in [5, 5.41) is 0.